The molecule has 0 unspecified atom stereocenters. The number of carbonyl (C=O) groups is 3. The highest BCUT2D eigenvalue weighted by atomic mass is 16.7. The van der Waals surface area contributed by atoms with Gasteiger partial charge in [0.25, 0.3) is 11.8 Å². The predicted octanol–water partition coefficient (Wildman–Crippen LogP) is 2.29. The summed E-state index contributed by atoms with van der Waals surface area (Å²) in [5.74, 6) is -1.59. The quantitative estimate of drug-likeness (QED) is 0.427. The molecule has 0 spiro atoms. The topological polar surface area (TPSA) is 109 Å². The molecule has 2 amide bonds. The molecule has 27 heavy (non-hydrogen) atoms. The Hall–Kier alpha value is -2.77. The van der Waals surface area contributed by atoms with Crippen LogP contribution in [0.5, 0.6) is 11.8 Å². The molecule has 8 nitrogen and oxygen atoms in total. The van der Waals surface area contributed by atoms with Gasteiger partial charge in [0.05, 0.1) is 0 Å². The fourth-order valence-corrected chi connectivity index (χ4v) is 2.89. The normalized spacial score (nSPS) is 13.6. The summed E-state index contributed by atoms with van der Waals surface area (Å²) in [6, 6.07) is 2.47. The lowest BCUT2D eigenvalue weighted by Crippen LogP contribution is -2.30. The summed E-state index contributed by atoms with van der Waals surface area (Å²) in [6.07, 6.45) is 10.4. The lowest BCUT2D eigenvalue weighted by molar-refractivity contribution is -0.145. The SMILES string of the molecule is O=C(CCCCCCCCCCN1C(=O)C=CC1=O)On1c(O)ccc1O. The average molecular weight is 378 g/mol. The Morgan fingerprint density at radius 2 is 1.30 bits per heavy atom. The number of nitrogens with zero attached hydrogens (tertiary/aromatic N) is 2. The van der Waals surface area contributed by atoms with Gasteiger partial charge in [-0.05, 0) is 12.8 Å². The van der Waals surface area contributed by atoms with Gasteiger partial charge in [0, 0.05) is 37.3 Å². The summed E-state index contributed by atoms with van der Waals surface area (Å²) in [4.78, 5) is 40.6. The van der Waals surface area contributed by atoms with Crippen LogP contribution >= 0.6 is 0 Å². The van der Waals surface area contributed by atoms with Crippen molar-refractivity contribution < 1.29 is 29.4 Å². The van der Waals surface area contributed by atoms with E-state index >= 15 is 0 Å². The number of rotatable bonds is 12. The van der Waals surface area contributed by atoms with Crippen molar-refractivity contribution in [2.75, 3.05) is 6.54 Å². The summed E-state index contributed by atoms with van der Waals surface area (Å²) in [7, 11) is 0. The first-order valence-electron chi connectivity index (χ1n) is 9.33. The third kappa shape index (κ3) is 6.47. The summed E-state index contributed by atoms with van der Waals surface area (Å²) in [5.41, 5.74) is 0. The van der Waals surface area contributed by atoms with Crippen LogP contribution in [0.3, 0.4) is 0 Å². The van der Waals surface area contributed by atoms with Crippen molar-refractivity contribution in [3.63, 3.8) is 0 Å². The molecule has 0 saturated heterocycles. The molecule has 8 heteroatoms. The lowest BCUT2D eigenvalue weighted by Gasteiger charge is -2.12. The van der Waals surface area contributed by atoms with E-state index in [1.807, 2.05) is 0 Å². The van der Waals surface area contributed by atoms with Gasteiger partial charge < -0.3 is 15.1 Å². The maximum atomic E-state index is 11.7. The monoisotopic (exact) mass is 378 g/mol. The molecule has 2 rings (SSSR count). The molecule has 1 aliphatic rings. The highest BCUT2D eigenvalue weighted by molar-refractivity contribution is 6.12. The van der Waals surface area contributed by atoms with Crippen molar-refractivity contribution in [3.8, 4) is 11.8 Å². The third-order valence-corrected chi connectivity index (χ3v) is 4.40. The van der Waals surface area contributed by atoms with Crippen LogP contribution in [0.2, 0.25) is 0 Å². The number of carbonyl (C=O) groups excluding carboxylic acids is 3. The molecule has 1 aromatic rings. The largest absolute Gasteiger partial charge is 0.492 e. The fraction of sp³-hybridized carbons (Fsp3) is 0.526. The number of aromatic nitrogens is 1. The van der Waals surface area contributed by atoms with Gasteiger partial charge in [-0.25, -0.2) is 4.79 Å². The first-order valence-corrected chi connectivity index (χ1v) is 9.33. The van der Waals surface area contributed by atoms with Gasteiger partial charge in [-0.1, -0.05) is 38.5 Å². The molecule has 0 fully saturated rings. The van der Waals surface area contributed by atoms with E-state index in [-0.39, 0.29) is 30.0 Å². The van der Waals surface area contributed by atoms with E-state index in [0.29, 0.717) is 17.7 Å². The molecule has 0 aromatic carbocycles. The van der Waals surface area contributed by atoms with Gasteiger partial charge in [-0.2, -0.15) is 0 Å². The number of hydrogen-bond donors (Lipinski definition) is 2. The Labute approximate surface area is 158 Å². The fourth-order valence-electron chi connectivity index (χ4n) is 2.89. The van der Waals surface area contributed by atoms with Gasteiger partial charge in [-0.3, -0.25) is 14.5 Å². The summed E-state index contributed by atoms with van der Waals surface area (Å²) >= 11 is 0. The molecule has 2 N–H and O–H groups in total. The van der Waals surface area contributed by atoms with E-state index in [4.69, 9.17) is 4.84 Å². The minimum Gasteiger partial charge on any atom is -0.492 e. The lowest BCUT2D eigenvalue weighted by atomic mass is 10.1. The van der Waals surface area contributed by atoms with Crippen LogP contribution in [0.15, 0.2) is 24.3 Å². The Morgan fingerprint density at radius 3 is 1.85 bits per heavy atom. The molecule has 0 atom stereocenters. The first-order chi connectivity index (χ1) is 13.0. The first kappa shape index (κ1) is 20.5. The summed E-state index contributed by atoms with van der Waals surface area (Å²) < 4.78 is 0.696. The molecule has 2 heterocycles. The maximum Gasteiger partial charge on any atom is 0.333 e. The zero-order valence-electron chi connectivity index (χ0n) is 15.3. The van der Waals surface area contributed by atoms with Crippen LogP contribution in [0.1, 0.15) is 57.8 Å². The summed E-state index contributed by atoms with van der Waals surface area (Å²) in [6.45, 7) is 0.485. The second kappa shape index (κ2) is 10.4. The molecule has 0 bridgehead atoms. The van der Waals surface area contributed by atoms with Crippen LogP contribution in [0.25, 0.3) is 0 Å². The third-order valence-electron chi connectivity index (χ3n) is 4.40. The van der Waals surface area contributed by atoms with Crippen LogP contribution in [0, 0.1) is 0 Å². The van der Waals surface area contributed by atoms with E-state index in [2.05, 4.69) is 0 Å². The van der Waals surface area contributed by atoms with E-state index in [1.54, 1.807) is 0 Å². The zero-order chi connectivity index (χ0) is 19.6. The molecule has 0 radical (unpaired) electrons. The summed E-state index contributed by atoms with van der Waals surface area (Å²) in [5, 5.41) is 18.8. The Kier molecular flexibility index (Phi) is 7.91. The zero-order valence-corrected chi connectivity index (χ0v) is 15.3. The van der Waals surface area contributed by atoms with E-state index in [1.165, 1.54) is 29.2 Å². The van der Waals surface area contributed by atoms with E-state index < -0.39 is 5.97 Å². The average Bonchev–Trinajstić information content (AvgIpc) is 3.13. The van der Waals surface area contributed by atoms with Gasteiger partial charge >= 0.3 is 5.97 Å². The van der Waals surface area contributed by atoms with Gasteiger partial charge in [0.15, 0.2) is 0 Å². The van der Waals surface area contributed by atoms with Crippen molar-refractivity contribution in [1.82, 2.24) is 9.63 Å². The minimum atomic E-state index is -0.503. The molecule has 148 valence electrons. The van der Waals surface area contributed by atoms with Crippen LogP contribution < -0.4 is 4.84 Å². The Morgan fingerprint density at radius 1 is 0.815 bits per heavy atom. The molecule has 1 aromatic heterocycles. The predicted molar refractivity (Wildman–Crippen MR) is 96.8 cm³/mol. The number of unbranched alkanes of at least 4 members (excludes halogenated alkanes) is 7. The maximum absolute atomic E-state index is 11.7. The molecular weight excluding hydrogens is 352 g/mol. The Bertz CT molecular complexity index is 657. The van der Waals surface area contributed by atoms with Crippen LogP contribution in [0.4, 0.5) is 0 Å². The Balaban J connectivity index is 1.42. The highest BCUT2D eigenvalue weighted by Gasteiger charge is 2.22. The smallest absolute Gasteiger partial charge is 0.333 e. The standard InChI is InChI=1S/C19H26N2O6/c22-15-10-11-16(23)20(15)14-8-6-4-2-1-3-5-7-9-19(26)27-21-17(24)12-13-18(21)25/h10-13,24-25H,1-9,14H2. The minimum absolute atomic E-state index is 0.222. The molecule has 0 aliphatic carbocycles. The molecular formula is C19H26N2O6. The van der Waals surface area contributed by atoms with Crippen molar-refractivity contribution in [2.45, 2.75) is 57.8 Å². The number of imide groups is 1. The second-order valence-corrected chi connectivity index (χ2v) is 6.55. The molecule has 0 saturated carbocycles. The van der Waals surface area contributed by atoms with Crippen molar-refractivity contribution in [3.05, 3.63) is 24.3 Å². The highest BCUT2D eigenvalue weighted by Crippen LogP contribution is 2.19. The van der Waals surface area contributed by atoms with Crippen molar-refractivity contribution >= 4 is 17.8 Å². The second-order valence-electron chi connectivity index (χ2n) is 6.55. The van der Waals surface area contributed by atoms with Crippen molar-refractivity contribution in [1.29, 1.82) is 0 Å². The van der Waals surface area contributed by atoms with Crippen molar-refractivity contribution in [2.24, 2.45) is 0 Å². The number of hydrogen-bond acceptors (Lipinski definition) is 6. The van der Waals surface area contributed by atoms with Crippen LogP contribution in [-0.4, -0.2) is 44.2 Å². The van der Waals surface area contributed by atoms with E-state index in [0.717, 1.165) is 44.9 Å². The van der Waals surface area contributed by atoms with Gasteiger partial charge in [0.2, 0.25) is 11.8 Å². The van der Waals surface area contributed by atoms with Gasteiger partial charge in [0.1, 0.15) is 0 Å². The number of amides is 2. The number of aromatic hydroxyl groups is 2. The van der Waals surface area contributed by atoms with Crippen LogP contribution in [-0.2, 0) is 14.4 Å². The van der Waals surface area contributed by atoms with Gasteiger partial charge in [-0.15, -0.1) is 4.73 Å². The van der Waals surface area contributed by atoms with E-state index in [9.17, 15) is 24.6 Å². The molecule has 1 aliphatic heterocycles.